The summed E-state index contributed by atoms with van der Waals surface area (Å²) in [7, 11) is 1.49. The highest BCUT2D eigenvalue weighted by Gasteiger charge is 2.15. The average molecular weight is 393 g/mol. The summed E-state index contributed by atoms with van der Waals surface area (Å²) in [6.45, 7) is 0. The van der Waals surface area contributed by atoms with Gasteiger partial charge in [0.15, 0.2) is 5.78 Å². The molecule has 0 aliphatic rings. The van der Waals surface area contributed by atoms with Crippen LogP contribution >= 0.6 is 11.6 Å². The SMILES string of the molecule is COc1ccccc1C(=O)Oc1ccccc1C=CC(=O)c1ccc(Cl)cc1. The number of methoxy groups -OCH3 is 1. The van der Waals surface area contributed by atoms with Crippen LogP contribution in [0, 0.1) is 0 Å². The number of ether oxygens (including phenoxy) is 2. The summed E-state index contributed by atoms with van der Waals surface area (Å²) >= 11 is 5.84. The van der Waals surface area contributed by atoms with E-state index in [0.717, 1.165) is 0 Å². The number of esters is 1. The van der Waals surface area contributed by atoms with Crippen LogP contribution in [0.3, 0.4) is 0 Å². The lowest BCUT2D eigenvalue weighted by atomic mass is 10.1. The van der Waals surface area contributed by atoms with Gasteiger partial charge in [-0.2, -0.15) is 0 Å². The van der Waals surface area contributed by atoms with E-state index in [2.05, 4.69) is 0 Å². The molecule has 0 heterocycles. The molecule has 0 aliphatic heterocycles. The number of carbonyl (C=O) groups excluding carboxylic acids is 2. The highest BCUT2D eigenvalue weighted by molar-refractivity contribution is 6.30. The second kappa shape index (κ2) is 9.02. The Kier molecular flexibility index (Phi) is 6.25. The molecule has 0 N–H and O–H groups in total. The van der Waals surface area contributed by atoms with Gasteiger partial charge in [-0.25, -0.2) is 4.79 Å². The van der Waals surface area contributed by atoms with E-state index >= 15 is 0 Å². The molecule has 4 nitrogen and oxygen atoms in total. The van der Waals surface area contributed by atoms with Crippen molar-refractivity contribution in [1.29, 1.82) is 0 Å². The largest absolute Gasteiger partial charge is 0.496 e. The molecule has 0 fully saturated rings. The van der Waals surface area contributed by atoms with E-state index in [-0.39, 0.29) is 5.78 Å². The first kappa shape index (κ1) is 19.4. The summed E-state index contributed by atoms with van der Waals surface area (Å²) < 4.78 is 10.7. The van der Waals surface area contributed by atoms with Crippen LogP contribution in [0.15, 0.2) is 78.9 Å². The normalized spacial score (nSPS) is 10.6. The van der Waals surface area contributed by atoms with E-state index in [0.29, 0.717) is 33.2 Å². The van der Waals surface area contributed by atoms with Crippen molar-refractivity contribution < 1.29 is 19.1 Å². The van der Waals surface area contributed by atoms with Gasteiger partial charge in [0.25, 0.3) is 0 Å². The van der Waals surface area contributed by atoms with Crippen molar-refractivity contribution in [2.45, 2.75) is 0 Å². The monoisotopic (exact) mass is 392 g/mol. The number of halogens is 1. The maximum Gasteiger partial charge on any atom is 0.347 e. The molecule has 0 spiro atoms. The van der Waals surface area contributed by atoms with Gasteiger partial charge in [0.2, 0.25) is 0 Å². The van der Waals surface area contributed by atoms with Gasteiger partial charge in [0, 0.05) is 16.1 Å². The van der Waals surface area contributed by atoms with E-state index in [1.165, 1.54) is 13.2 Å². The molecule has 3 rings (SSSR count). The Labute approximate surface area is 168 Å². The van der Waals surface area contributed by atoms with Crippen molar-refractivity contribution >= 4 is 29.4 Å². The second-order valence-corrected chi connectivity index (χ2v) is 6.27. The van der Waals surface area contributed by atoms with Crippen molar-refractivity contribution in [2.24, 2.45) is 0 Å². The lowest BCUT2D eigenvalue weighted by molar-refractivity contribution is 0.0730. The number of para-hydroxylation sites is 2. The van der Waals surface area contributed by atoms with Crippen LogP contribution in [0.5, 0.6) is 11.5 Å². The predicted molar refractivity (Wildman–Crippen MR) is 109 cm³/mol. The maximum atomic E-state index is 12.5. The van der Waals surface area contributed by atoms with Crippen molar-refractivity contribution in [2.75, 3.05) is 7.11 Å². The van der Waals surface area contributed by atoms with Crippen LogP contribution in [0.1, 0.15) is 26.3 Å². The molecule has 0 aliphatic carbocycles. The fraction of sp³-hybridized carbons (Fsp3) is 0.0435. The average Bonchev–Trinajstić information content (AvgIpc) is 2.73. The molecule has 5 heteroatoms. The van der Waals surface area contributed by atoms with Gasteiger partial charge in [-0.1, -0.05) is 41.9 Å². The zero-order valence-electron chi connectivity index (χ0n) is 15.1. The van der Waals surface area contributed by atoms with E-state index in [4.69, 9.17) is 21.1 Å². The Morgan fingerprint density at radius 1 is 0.857 bits per heavy atom. The van der Waals surface area contributed by atoms with E-state index in [1.54, 1.807) is 78.9 Å². The number of rotatable bonds is 6. The highest BCUT2D eigenvalue weighted by atomic mass is 35.5. The summed E-state index contributed by atoms with van der Waals surface area (Å²) in [5, 5.41) is 0.564. The minimum atomic E-state index is -0.540. The third-order valence-electron chi connectivity index (χ3n) is 3.99. The first-order valence-corrected chi connectivity index (χ1v) is 8.88. The number of carbonyl (C=O) groups is 2. The summed E-state index contributed by atoms with van der Waals surface area (Å²) in [5.41, 5.74) is 1.44. The van der Waals surface area contributed by atoms with E-state index < -0.39 is 5.97 Å². The minimum absolute atomic E-state index is 0.178. The number of ketones is 1. The lowest BCUT2D eigenvalue weighted by Gasteiger charge is -2.10. The third-order valence-corrected chi connectivity index (χ3v) is 4.24. The van der Waals surface area contributed by atoms with Crippen molar-refractivity contribution in [3.05, 3.63) is 101 Å². The maximum absolute atomic E-state index is 12.5. The fourth-order valence-electron chi connectivity index (χ4n) is 2.56. The highest BCUT2D eigenvalue weighted by Crippen LogP contribution is 2.24. The van der Waals surface area contributed by atoms with Crippen LogP contribution in [0.4, 0.5) is 0 Å². The number of hydrogen-bond donors (Lipinski definition) is 0. The summed E-state index contributed by atoms with van der Waals surface area (Å²) in [6.07, 6.45) is 3.04. The standard InChI is InChI=1S/C23H17ClO4/c1-27-22-9-5-3-7-19(22)23(26)28-21-8-4-2-6-17(21)12-15-20(25)16-10-13-18(24)14-11-16/h2-15H,1H3. The van der Waals surface area contributed by atoms with Crippen molar-refractivity contribution in [3.8, 4) is 11.5 Å². The number of benzene rings is 3. The Morgan fingerprint density at radius 2 is 1.50 bits per heavy atom. The predicted octanol–water partition coefficient (Wildman–Crippen LogP) is 5.46. The molecule has 0 unspecified atom stereocenters. The quantitative estimate of drug-likeness (QED) is 0.242. The second-order valence-electron chi connectivity index (χ2n) is 5.83. The zero-order valence-corrected chi connectivity index (χ0v) is 15.8. The van der Waals surface area contributed by atoms with Gasteiger partial charge in [0.05, 0.1) is 7.11 Å². The smallest absolute Gasteiger partial charge is 0.347 e. The Bertz CT molecular complexity index is 1020. The number of hydrogen-bond acceptors (Lipinski definition) is 4. The van der Waals surface area contributed by atoms with Gasteiger partial charge in [-0.3, -0.25) is 4.79 Å². The third kappa shape index (κ3) is 4.67. The Hall–Kier alpha value is -3.37. The van der Waals surface area contributed by atoms with Gasteiger partial charge < -0.3 is 9.47 Å². The van der Waals surface area contributed by atoms with Crippen molar-refractivity contribution in [1.82, 2.24) is 0 Å². The minimum Gasteiger partial charge on any atom is -0.496 e. The number of allylic oxidation sites excluding steroid dienone is 1. The molecule has 0 aromatic heterocycles. The van der Waals surface area contributed by atoms with Crippen LogP contribution in [0.25, 0.3) is 6.08 Å². The summed E-state index contributed by atoms with van der Waals surface area (Å²) in [5.74, 6) is 0.0573. The molecule has 0 bridgehead atoms. The first-order chi connectivity index (χ1) is 13.6. The summed E-state index contributed by atoms with van der Waals surface area (Å²) in [6, 6.07) is 20.4. The van der Waals surface area contributed by atoms with Gasteiger partial charge in [-0.05, 0) is 54.6 Å². The molecule has 0 amide bonds. The Morgan fingerprint density at radius 3 is 2.21 bits per heavy atom. The van der Waals surface area contributed by atoms with Crippen molar-refractivity contribution in [3.63, 3.8) is 0 Å². The van der Waals surface area contributed by atoms with E-state index in [1.807, 2.05) is 0 Å². The molecule has 0 radical (unpaired) electrons. The van der Waals surface area contributed by atoms with Crippen LogP contribution in [-0.2, 0) is 0 Å². The molecule has 0 saturated heterocycles. The van der Waals surface area contributed by atoms with Crippen LogP contribution in [0.2, 0.25) is 5.02 Å². The molecular weight excluding hydrogens is 376 g/mol. The molecule has 3 aromatic carbocycles. The molecular formula is C23H17ClO4. The lowest BCUT2D eigenvalue weighted by Crippen LogP contribution is -2.10. The topological polar surface area (TPSA) is 52.6 Å². The van der Waals surface area contributed by atoms with Gasteiger partial charge >= 0.3 is 5.97 Å². The van der Waals surface area contributed by atoms with Gasteiger partial charge in [0.1, 0.15) is 17.1 Å². The Balaban J connectivity index is 1.80. The van der Waals surface area contributed by atoms with E-state index in [9.17, 15) is 9.59 Å². The molecule has 140 valence electrons. The van der Waals surface area contributed by atoms with Crippen LogP contribution in [-0.4, -0.2) is 18.9 Å². The summed E-state index contributed by atoms with van der Waals surface area (Å²) in [4.78, 5) is 24.8. The van der Waals surface area contributed by atoms with Crippen LogP contribution < -0.4 is 9.47 Å². The zero-order chi connectivity index (χ0) is 19.9. The van der Waals surface area contributed by atoms with Gasteiger partial charge in [-0.15, -0.1) is 0 Å². The fourth-order valence-corrected chi connectivity index (χ4v) is 2.68. The first-order valence-electron chi connectivity index (χ1n) is 8.50. The molecule has 0 saturated carbocycles. The molecule has 28 heavy (non-hydrogen) atoms. The molecule has 0 atom stereocenters. The molecule has 3 aromatic rings.